The van der Waals surface area contributed by atoms with Gasteiger partial charge < -0.3 is 15.0 Å². The number of nitro benzene ring substituents is 1. The Morgan fingerprint density at radius 3 is 2.79 bits per heavy atom. The Bertz CT molecular complexity index is 946. The predicted octanol–water partition coefficient (Wildman–Crippen LogP) is 2.76. The number of hydrogen-bond acceptors (Lipinski definition) is 4. The molecule has 2 N–H and O–H groups in total. The molecule has 122 valence electrons. The van der Waals surface area contributed by atoms with Crippen molar-refractivity contribution in [1.29, 1.82) is 0 Å². The van der Waals surface area contributed by atoms with Crippen molar-refractivity contribution in [1.82, 2.24) is 4.57 Å². The van der Waals surface area contributed by atoms with Crippen molar-refractivity contribution >= 4 is 22.5 Å². The fraction of sp³-hybridized carbons (Fsp3) is 0.118. The highest BCUT2D eigenvalue weighted by Crippen LogP contribution is 2.26. The first-order valence-electron chi connectivity index (χ1n) is 7.21. The number of aryl methyl sites for hydroxylation is 1. The molecule has 3 aromatic rings. The zero-order valence-electron chi connectivity index (χ0n) is 12.9. The van der Waals surface area contributed by atoms with Crippen molar-refractivity contribution in [2.45, 2.75) is 6.61 Å². The topological polar surface area (TPSA) is 100 Å². The fourth-order valence-corrected chi connectivity index (χ4v) is 2.58. The molecule has 0 radical (unpaired) electrons. The molecule has 0 aliphatic rings. The Hall–Kier alpha value is -3.35. The Labute approximate surface area is 137 Å². The van der Waals surface area contributed by atoms with Crippen LogP contribution in [0.1, 0.15) is 15.9 Å². The highest BCUT2D eigenvalue weighted by atomic mass is 16.6. The molecule has 0 aliphatic heterocycles. The minimum atomic E-state index is -0.503. The van der Waals surface area contributed by atoms with E-state index < -0.39 is 10.8 Å². The summed E-state index contributed by atoms with van der Waals surface area (Å²) < 4.78 is 7.51. The molecule has 1 heterocycles. The third-order valence-electron chi connectivity index (χ3n) is 3.75. The molecule has 0 spiro atoms. The highest BCUT2D eigenvalue weighted by molar-refractivity contribution is 6.06. The van der Waals surface area contributed by atoms with Gasteiger partial charge in [-0.3, -0.25) is 14.9 Å². The average Bonchev–Trinajstić information content (AvgIpc) is 2.90. The van der Waals surface area contributed by atoms with Crippen LogP contribution in [0.3, 0.4) is 0 Å². The van der Waals surface area contributed by atoms with Crippen LogP contribution in [0.2, 0.25) is 0 Å². The Balaban J connectivity index is 1.85. The zero-order valence-corrected chi connectivity index (χ0v) is 12.9. The summed E-state index contributed by atoms with van der Waals surface area (Å²) in [5.74, 6) is 0.0548. The minimum absolute atomic E-state index is 0.0191. The second kappa shape index (κ2) is 6.04. The van der Waals surface area contributed by atoms with E-state index in [-0.39, 0.29) is 12.3 Å². The number of carbonyl (C=O) groups excluding carboxylic acids is 1. The molecule has 0 fully saturated rings. The van der Waals surface area contributed by atoms with Crippen molar-refractivity contribution in [3.05, 3.63) is 69.9 Å². The van der Waals surface area contributed by atoms with E-state index in [2.05, 4.69) is 0 Å². The van der Waals surface area contributed by atoms with Crippen LogP contribution in [0.25, 0.3) is 10.9 Å². The summed E-state index contributed by atoms with van der Waals surface area (Å²) in [6.45, 7) is 0.186. The molecular formula is C17H15N3O4. The number of hydrogen-bond donors (Lipinski definition) is 1. The molecule has 0 bridgehead atoms. The normalized spacial score (nSPS) is 10.7. The van der Waals surface area contributed by atoms with Gasteiger partial charge in [-0.05, 0) is 23.8 Å². The molecule has 0 saturated carbocycles. The molecule has 7 nitrogen and oxygen atoms in total. The Morgan fingerprint density at radius 2 is 2.08 bits per heavy atom. The quantitative estimate of drug-likeness (QED) is 0.575. The summed E-state index contributed by atoms with van der Waals surface area (Å²) in [5, 5.41) is 11.5. The summed E-state index contributed by atoms with van der Waals surface area (Å²) in [7, 11) is 1.83. The van der Waals surface area contributed by atoms with E-state index in [1.54, 1.807) is 30.5 Å². The van der Waals surface area contributed by atoms with Crippen molar-refractivity contribution < 1.29 is 14.5 Å². The fourth-order valence-electron chi connectivity index (χ4n) is 2.58. The molecular weight excluding hydrogens is 310 g/mol. The number of nitrogens with zero attached hydrogens (tertiary/aromatic N) is 2. The van der Waals surface area contributed by atoms with Crippen LogP contribution in [0.15, 0.2) is 48.7 Å². The molecule has 3 rings (SSSR count). The second-order valence-corrected chi connectivity index (χ2v) is 5.41. The van der Waals surface area contributed by atoms with E-state index in [4.69, 9.17) is 10.5 Å². The summed E-state index contributed by atoms with van der Waals surface area (Å²) in [5.41, 5.74) is 7.39. The SMILES string of the molecule is Cn1cc(C(N)=O)c2cc(OCc3cccc([N+](=O)[O-])c3)ccc21. The highest BCUT2D eigenvalue weighted by Gasteiger charge is 2.12. The van der Waals surface area contributed by atoms with Crippen LogP contribution >= 0.6 is 0 Å². The number of amides is 1. The number of nitro groups is 1. The van der Waals surface area contributed by atoms with Gasteiger partial charge in [-0.2, -0.15) is 0 Å². The largest absolute Gasteiger partial charge is 0.489 e. The summed E-state index contributed by atoms with van der Waals surface area (Å²) in [6.07, 6.45) is 1.68. The number of fused-ring (bicyclic) bond motifs is 1. The van der Waals surface area contributed by atoms with Gasteiger partial charge in [-0.25, -0.2) is 0 Å². The average molecular weight is 325 g/mol. The van der Waals surface area contributed by atoms with Crippen LogP contribution in [-0.4, -0.2) is 15.4 Å². The number of aromatic nitrogens is 1. The Morgan fingerprint density at radius 1 is 1.29 bits per heavy atom. The van der Waals surface area contributed by atoms with Gasteiger partial charge in [0.05, 0.1) is 10.5 Å². The van der Waals surface area contributed by atoms with Crippen molar-refractivity contribution in [2.24, 2.45) is 12.8 Å². The lowest BCUT2D eigenvalue weighted by atomic mass is 10.1. The van der Waals surface area contributed by atoms with Crippen molar-refractivity contribution in [2.75, 3.05) is 0 Å². The van der Waals surface area contributed by atoms with Gasteiger partial charge >= 0.3 is 0 Å². The summed E-state index contributed by atoms with van der Waals surface area (Å²) in [4.78, 5) is 21.9. The van der Waals surface area contributed by atoms with Crippen LogP contribution in [0.5, 0.6) is 5.75 Å². The van der Waals surface area contributed by atoms with Crippen LogP contribution < -0.4 is 10.5 Å². The zero-order chi connectivity index (χ0) is 17.3. The maximum atomic E-state index is 11.5. The second-order valence-electron chi connectivity index (χ2n) is 5.41. The van der Waals surface area contributed by atoms with E-state index in [0.29, 0.717) is 22.3 Å². The molecule has 0 saturated heterocycles. The molecule has 24 heavy (non-hydrogen) atoms. The molecule has 0 aliphatic carbocycles. The van der Waals surface area contributed by atoms with Crippen LogP contribution in [0.4, 0.5) is 5.69 Å². The number of carbonyl (C=O) groups is 1. The van der Waals surface area contributed by atoms with E-state index >= 15 is 0 Å². The predicted molar refractivity (Wildman–Crippen MR) is 88.9 cm³/mol. The minimum Gasteiger partial charge on any atom is -0.489 e. The smallest absolute Gasteiger partial charge is 0.269 e. The van der Waals surface area contributed by atoms with E-state index in [0.717, 1.165) is 5.52 Å². The monoisotopic (exact) mass is 325 g/mol. The first-order valence-corrected chi connectivity index (χ1v) is 7.21. The third kappa shape index (κ3) is 2.91. The number of ether oxygens (including phenoxy) is 1. The maximum absolute atomic E-state index is 11.5. The summed E-state index contributed by atoms with van der Waals surface area (Å²) >= 11 is 0. The van der Waals surface area contributed by atoms with Crippen molar-refractivity contribution in [3.63, 3.8) is 0 Å². The van der Waals surface area contributed by atoms with Gasteiger partial charge in [0, 0.05) is 36.3 Å². The molecule has 0 atom stereocenters. The standard InChI is InChI=1S/C17H15N3O4/c1-19-9-15(17(18)21)14-8-13(5-6-16(14)19)24-10-11-3-2-4-12(7-11)20(22)23/h2-9H,10H2,1H3,(H2,18,21). The third-order valence-corrected chi connectivity index (χ3v) is 3.75. The van der Waals surface area contributed by atoms with Gasteiger partial charge in [0.2, 0.25) is 0 Å². The number of benzene rings is 2. The van der Waals surface area contributed by atoms with E-state index in [1.165, 1.54) is 12.1 Å². The lowest BCUT2D eigenvalue weighted by Gasteiger charge is -2.07. The van der Waals surface area contributed by atoms with Gasteiger partial charge in [0.25, 0.3) is 11.6 Å². The van der Waals surface area contributed by atoms with E-state index in [9.17, 15) is 14.9 Å². The van der Waals surface area contributed by atoms with Gasteiger partial charge in [-0.1, -0.05) is 12.1 Å². The van der Waals surface area contributed by atoms with E-state index in [1.807, 2.05) is 17.7 Å². The number of nitrogens with two attached hydrogens (primary N) is 1. The van der Waals surface area contributed by atoms with Crippen molar-refractivity contribution in [3.8, 4) is 5.75 Å². The molecule has 2 aromatic carbocycles. The molecule has 1 amide bonds. The lowest BCUT2D eigenvalue weighted by Crippen LogP contribution is -2.10. The summed E-state index contributed by atoms with van der Waals surface area (Å²) in [6, 6.07) is 11.6. The van der Waals surface area contributed by atoms with Gasteiger partial charge in [0.1, 0.15) is 12.4 Å². The van der Waals surface area contributed by atoms with Crippen LogP contribution in [-0.2, 0) is 13.7 Å². The molecule has 1 aromatic heterocycles. The number of non-ortho nitro benzene ring substituents is 1. The first-order chi connectivity index (χ1) is 11.5. The molecule has 7 heteroatoms. The Kier molecular flexibility index (Phi) is 3.91. The van der Waals surface area contributed by atoms with Gasteiger partial charge in [0.15, 0.2) is 0 Å². The number of primary amides is 1. The van der Waals surface area contributed by atoms with Gasteiger partial charge in [-0.15, -0.1) is 0 Å². The first kappa shape index (κ1) is 15.5. The van der Waals surface area contributed by atoms with Crippen LogP contribution in [0, 0.1) is 10.1 Å². The molecule has 0 unspecified atom stereocenters. The maximum Gasteiger partial charge on any atom is 0.269 e. The number of rotatable bonds is 5. The lowest BCUT2D eigenvalue weighted by molar-refractivity contribution is -0.384.